The van der Waals surface area contributed by atoms with E-state index in [0.717, 1.165) is 52.5 Å². The van der Waals surface area contributed by atoms with E-state index in [1.165, 1.54) is 11.1 Å². The van der Waals surface area contributed by atoms with Gasteiger partial charge in [-0.1, -0.05) is 0 Å². The highest BCUT2D eigenvalue weighted by atomic mass is 79.9. The molecule has 4 heterocycles. The summed E-state index contributed by atoms with van der Waals surface area (Å²) >= 11 is 5.46. The number of aliphatic carboxylic acids is 1. The number of hydrogen-bond donors (Lipinski definition) is 2. The topological polar surface area (TPSA) is 77.3 Å². The van der Waals surface area contributed by atoms with Crippen molar-refractivity contribution in [2.45, 2.75) is 39.0 Å². The van der Waals surface area contributed by atoms with Gasteiger partial charge in [-0.2, -0.15) is 0 Å². The molecule has 2 atom stereocenters. The molecule has 4 aliphatic rings. The first-order valence-electron chi connectivity index (χ1n) is 10.1. The first kappa shape index (κ1) is 19.2. The standard InChI is InChI=1S/C21H23BrN4O2S/c1-11-17(22)18(12-2-4-13(5-3-12)21(27)28)25-19-16(10-24-26(11)19)15-8-14-6-7-29-20(14)23-9-15/h6-7,9,13,15-16,24H,2-5,8,10H2,1H3,(H,27,28). The van der Waals surface area contributed by atoms with Crippen LogP contribution in [0.15, 0.2) is 42.9 Å². The Labute approximate surface area is 182 Å². The zero-order chi connectivity index (χ0) is 20.1. The Kier molecular flexibility index (Phi) is 4.96. The molecule has 0 amide bonds. The van der Waals surface area contributed by atoms with Crippen LogP contribution in [0.1, 0.15) is 38.2 Å². The number of carboxylic acid groups (broad SMARTS) is 1. The van der Waals surface area contributed by atoms with Gasteiger partial charge in [-0.3, -0.25) is 9.80 Å². The number of allylic oxidation sites excluding steroid dienone is 3. The summed E-state index contributed by atoms with van der Waals surface area (Å²) in [6.45, 7) is 2.94. The minimum Gasteiger partial charge on any atom is -0.481 e. The fourth-order valence-corrected chi connectivity index (χ4v) is 6.06. The number of nitrogens with zero attached hydrogens (tertiary/aromatic N) is 3. The van der Waals surface area contributed by atoms with E-state index in [2.05, 4.69) is 55.9 Å². The molecular weight excluding hydrogens is 452 g/mol. The van der Waals surface area contributed by atoms with E-state index in [1.807, 2.05) is 0 Å². The van der Waals surface area contributed by atoms with Crippen molar-refractivity contribution >= 4 is 50.3 Å². The normalized spacial score (nSPS) is 29.1. The van der Waals surface area contributed by atoms with Crippen molar-refractivity contribution in [2.24, 2.45) is 27.7 Å². The monoisotopic (exact) mass is 474 g/mol. The second kappa shape index (κ2) is 7.49. The van der Waals surface area contributed by atoms with Crippen molar-refractivity contribution in [3.8, 4) is 0 Å². The van der Waals surface area contributed by atoms with Gasteiger partial charge < -0.3 is 5.11 Å². The number of thiophene rings is 1. The molecule has 5 rings (SSSR count). The Bertz CT molecular complexity index is 983. The van der Waals surface area contributed by atoms with Crippen LogP contribution in [0, 0.1) is 17.8 Å². The van der Waals surface area contributed by atoms with E-state index in [4.69, 9.17) is 4.99 Å². The Morgan fingerprint density at radius 2 is 2.17 bits per heavy atom. The van der Waals surface area contributed by atoms with Crippen molar-refractivity contribution in [1.29, 1.82) is 0 Å². The maximum atomic E-state index is 11.3. The Hall–Kier alpha value is -1.77. The minimum absolute atomic E-state index is 0.227. The molecule has 0 radical (unpaired) electrons. The van der Waals surface area contributed by atoms with Gasteiger partial charge in [-0.25, -0.2) is 15.4 Å². The van der Waals surface area contributed by atoms with Crippen LogP contribution in [0.3, 0.4) is 0 Å². The minimum atomic E-state index is -0.676. The number of fused-ring (bicyclic) bond motifs is 2. The predicted octanol–water partition coefficient (Wildman–Crippen LogP) is 4.63. The first-order chi connectivity index (χ1) is 14.0. The van der Waals surface area contributed by atoms with Gasteiger partial charge >= 0.3 is 5.97 Å². The summed E-state index contributed by atoms with van der Waals surface area (Å²) in [6, 6.07) is 2.18. The molecule has 152 valence electrons. The fraction of sp³-hybridized carbons (Fsp3) is 0.476. The zero-order valence-electron chi connectivity index (χ0n) is 16.2. The van der Waals surface area contributed by atoms with Crippen LogP contribution in [-0.4, -0.2) is 34.7 Å². The number of aliphatic imine (C=N–C) groups is 2. The van der Waals surface area contributed by atoms with Crippen molar-refractivity contribution in [3.63, 3.8) is 0 Å². The molecule has 29 heavy (non-hydrogen) atoms. The quantitative estimate of drug-likeness (QED) is 0.654. The molecule has 3 aliphatic heterocycles. The number of carbonyl (C=O) groups is 1. The Morgan fingerprint density at radius 3 is 2.93 bits per heavy atom. The maximum Gasteiger partial charge on any atom is 0.306 e. The van der Waals surface area contributed by atoms with E-state index < -0.39 is 5.97 Å². The SMILES string of the molecule is CC1=C(Br)C(=C2CCC(C(=O)O)CC2)N=C2C(C3C=Nc4sccc4C3)CNN21. The summed E-state index contributed by atoms with van der Waals surface area (Å²) < 4.78 is 1.01. The van der Waals surface area contributed by atoms with E-state index in [1.54, 1.807) is 11.3 Å². The number of hydrogen-bond acceptors (Lipinski definition) is 6. The van der Waals surface area contributed by atoms with Crippen molar-refractivity contribution in [3.05, 3.63) is 38.5 Å². The number of rotatable bonds is 2. The summed E-state index contributed by atoms with van der Waals surface area (Å²) in [7, 11) is 0. The second-order valence-electron chi connectivity index (χ2n) is 8.14. The molecule has 0 aromatic carbocycles. The van der Waals surface area contributed by atoms with Gasteiger partial charge in [0.1, 0.15) is 10.8 Å². The molecule has 1 aliphatic carbocycles. The summed E-state index contributed by atoms with van der Waals surface area (Å²) in [5, 5.41) is 14.6. The summed E-state index contributed by atoms with van der Waals surface area (Å²) in [6.07, 6.45) is 6.09. The highest BCUT2D eigenvalue weighted by molar-refractivity contribution is 9.12. The lowest BCUT2D eigenvalue weighted by Crippen LogP contribution is -2.37. The molecule has 0 spiro atoms. The lowest BCUT2D eigenvalue weighted by atomic mass is 9.84. The maximum absolute atomic E-state index is 11.3. The average molecular weight is 475 g/mol. The average Bonchev–Trinajstić information content (AvgIpc) is 3.37. The molecule has 0 bridgehead atoms. The number of amidine groups is 1. The van der Waals surface area contributed by atoms with E-state index in [9.17, 15) is 9.90 Å². The lowest BCUT2D eigenvalue weighted by molar-refractivity contribution is -0.142. The summed E-state index contributed by atoms with van der Waals surface area (Å²) in [4.78, 5) is 21.1. The number of hydrazine groups is 1. The first-order valence-corrected chi connectivity index (χ1v) is 11.7. The number of carboxylic acids is 1. The lowest BCUT2D eigenvalue weighted by Gasteiger charge is -2.31. The number of nitrogens with one attached hydrogen (secondary N) is 1. The highest BCUT2D eigenvalue weighted by Crippen LogP contribution is 2.41. The molecule has 1 saturated carbocycles. The van der Waals surface area contributed by atoms with Gasteiger partial charge in [0.25, 0.3) is 0 Å². The fourth-order valence-electron chi connectivity index (χ4n) is 4.72. The van der Waals surface area contributed by atoms with Crippen molar-refractivity contribution < 1.29 is 9.90 Å². The van der Waals surface area contributed by atoms with E-state index in [0.29, 0.717) is 18.8 Å². The van der Waals surface area contributed by atoms with Crippen LogP contribution in [0.25, 0.3) is 0 Å². The molecular formula is C21H23BrN4O2S. The summed E-state index contributed by atoms with van der Waals surface area (Å²) in [5.74, 6) is 0.754. The van der Waals surface area contributed by atoms with Crippen LogP contribution < -0.4 is 5.43 Å². The van der Waals surface area contributed by atoms with Crippen LogP contribution in [-0.2, 0) is 11.2 Å². The van der Waals surface area contributed by atoms with Crippen LogP contribution >= 0.6 is 27.3 Å². The Balaban J connectivity index is 1.45. The van der Waals surface area contributed by atoms with E-state index in [-0.39, 0.29) is 11.8 Å². The predicted molar refractivity (Wildman–Crippen MR) is 119 cm³/mol. The van der Waals surface area contributed by atoms with Crippen molar-refractivity contribution in [1.82, 2.24) is 10.4 Å². The molecule has 6 nitrogen and oxygen atoms in total. The van der Waals surface area contributed by atoms with Gasteiger partial charge in [-0.15, -0.1) is 11.3 Å². The molecule has 1 saturated heterocycles. The van der Waals surface area contributed by atoms with Gasteiger partial charge in [0.2, 0.25) is 0 Å². The van der Waals surface area contributed by atoms with Gasteiger partial charge in [0.05, 0.1) is 16.1 Å². The molecule has 2 unspecified atom stereocenters. The van der Waals surface area contributed by atoms with Crippen LogP contribution in [0.4, 0.5) is 5.00 Å². The molecule has 2 N–H and O–H groups in total. The second-order valence-corrected chi connectivity index (χ2v) is 9.82. The third-order valence-corrected chi connectivity index (χ3v) is 8.28. The Morgan fingerprint density at radius 1 is 1.38 bits per heavy atom. The van der Waals surface area contributed by atoms with Gasteiger partial charge in [0, 0.05) is 30.3 Å². The van der Waals surface area contributed by atoms with Crippen LogP contribution in [0.5, 0.6) is 0 Å². The third-order valence-electron chi connectivity index (χ3n) is 6.47. The molecule has 1 aromatic rings. The van der Waals surface area contributed by atoms with E-state index >= 15 is 0 Å². The van der Waals surface area contributed by atoms with Crippen LogP contribution in [0.2, 0.25) is 0 Å². The zero-order valence-corrected chi connectivity index (χ0v) is 18.6. The molecule has 2 fully saturated rings. The molecule has 8 heteroatoms. The molecule has 1 aromatic heterocycles. The number of halogens is 1. The highest BCUT2D eigenvalue weighted by Gasteiger charge is 2.40. The summed E-state index contributed by atoms with van der Waals surface area (Å²) in [5.41, 5.74) is 8.23. The van der Waals surface area contributed by atoms with Gasteiger partial charge in [0.15, 0.2) is 0 Å². The smallest absolute Gasteiger partial charge is 0.306 e. The largest absolute Gasteiger partial charge is 0.481 e. The third kappa shape index (κ3) is 3.31. The van der Waals surface area contributed by atoms with Crippen molar-refractivity contribution in [2.75, 3.05) is 6.54 Å². The van der Waals surface area contributed by atoms with Gasteiger partial charge in [-0.05, 0) is 77.5 Å².